The SMILES string of the molecule is CC(C)C(=O)Oc1cc(F)cc(C2=CC3(C)CCC(C3)C2N(C)C)c1. The molecule has 0 aliphatic heterocycles. The van der Waals surface area contributed by atoms with Crippen LogP contribution < -0.4 is 4.74 Å². The Kier molecular flexibility index (Phi) is 4.76. The average Bonchev–Trinajstić information content (AvgIpc) is 2.81. The summed E-state index contributed by atoms with van der Waals surface area (Å²) in [6.45, 7) is 5.83. The molecule has 3 unspecified atom stereocenters. The quantitative estimate of drug-likeness (QED) is 0.593. The van der Waals surface area contributed by atoms with Crippen molar-refractivity contribution in [3.05, 3.63) is 35.7 Å². The van der Waals surface area contributed by atoms with Crippen molar-refractivity contribution in [3.63, 3.8) is 0 Å². The highest BCUT2D eigenvalue weighted by atomic mass is 19.1. The van der Waals surface area contributed by atoms with Crippen LogP contribution >= 0.6 is 0 Å². The van der Waals surface area contributed by atoms with Gasteiger partial charge in [-0.1, -0.05) is 26.8 Å². The number of rotatable bonds is 4. The van der Waals surface area contributed by atoms with E-state index in [0.717, 1.165) is 11.1 Å². The summed E-state index contributed by atoms with van der Waals surface area (Å²) >= 11 is 0. The van der Waals surface area contributed by atoms with Gasteiger partial charge in [0, 0.05) is 12.1 Å². The van der Waals surface area contributed by atoms with Gasteiger partial charge in [0.25, 0.3) is 0 Å². The Morgan fingerprint density at radius 2 is 2.04 bits per heavy atom. The molecule has 0 heterocycles. The third-order valence-electron chi connectivity index (χ3n) is 5.53. The fourth-order valence-corrected chi connectivity index (χ4v) is 4.41. The average molecular weight is 345 g/mol. The predicted molar refractivity (Wildman–Crippen MR) is 97.8 cm³/mol. The van der Waals surface area contributed by atoms with Crippen LogP contribution in [0.4, 0.5) is 4.39 Å². The summed E-state index contributed by atoms with van der Waals surface area (Å²) in [6.07, 6.45) is 5.88. The van der Waals surface area contributed by atoms with Crippen molar-refractivity contribution < 1.29 is 13.9 Å². The fraction of sp³-hybridized carbons (Fsp3) is 0.571. The van der Waals surface area contributed by atoms with E-state index in [1.807, 2.05) is 0 Å². The third-order valence-corrected chi connectivity index (χ3v) is 5.53. The van der Waals surface area contributed by atoms with Crippen LogP contribution in [0, 0.1) is 23.1 Å². The molecular weight excluding hydrogens is 317 g/mol. The molecule has 0 saturated heterocycles. The number of hydrogen-bond acceptors (Lipinski definition) is 3. The van der Waals surface area contributed by atoms with Gasteiger partial charge in [-0.2, -0.15) is 0 Å². The summed E-state index contributed by atoms with van der Waals surface area (Å²) in [5.41, 5.74) is 2.17. The van der Waals surface area contributed by atoms with Crippen molar-refractivity contribution in [1.29, 1.82) is 0 Å². The summed E-state index contributed by atoms with van der Waals surface area (Å²) in [6, 6.07) is 4.92. The van der Waals surface area contributed by atoms with Gasteiger partial charge in [-0.15, -0.1) is 0 Å². The van der Waals surface area contributed by atoms with Crippen LogP contribution in [0.15, 0.2) is 24.3 Å². The lowest BCUT2D eigenvalue weighted by molar-refractivity contribution is -0.137. The fourth-order valence-electron chi connectivity index (χ4n) is 4.41. The van der Waals surface area contributed by atoms with E-state index in [-0.39, 0.29) is 34.9 Å². The van der Waals surface area contributed by atoms with Gasteiger partial charge in [-0.3, -0.25) is 4.79 Å². The number of benzene rings is 1. The number of carbonyl (C=O) groups excluding carboxylic acids is 1. The summed E-state index contributed by atoms with van der Waals surface area (Å²) in [5.74, 6) is -0.0825. The van der Waals surface area contributed by atoms with Crippen molar-refractivity contribution >= 4 is 11.5 Å². The van der Waals surface area contributed by atoms with Crippen molar-refractivity contribution in [2.75, 3.05) is 14.1 Å². The maximum Gasteiger partial charge on any atom is 0.313 e. The van der Waals surface area contributed by atoms with Crippen molar-refractivity contribution in [3.8, 4) is 5.75 Å². The van der Waals surface area contributed by atoms with Crippen LogP contribution in [0.1, 0.15) is 45.6 Å². The van der Waals surface area contributed by atoms with E-state index in [1.165, 1.54) is 25.3 Å². The van der Waals surface area contributed by atoms with Crippen LogP contribution in [-0.4, -0.2) is 31.0 Å². The first-order valence-electron chi connectivity index (χ1n) is 9.10. The number of likely N-dealkylation sites (N-methyl/N-ethyl adjacent to an activating group) is 1. The summed E-state index contributed by atoms with van der Waals surface area (Å²) < 4.78 is 19.6. The molecule has 2 bridgehead atoms. The Balaban J connectivity index is 2.01. The standard InChI is InChI=1S/C21H28FNO2/c1-13(2)20(24)25-17-9-15(8-16(22)10-17)18-12-21(3)7-6-14(11-21)19(18)23(4)5/h8-10,12-14,19H,6-7,11H2,1-5H3. The molecule has 0 radical (unpaired) electrons. The number of esters is 1. The molecule has 0 aromatic heterocycles. The molecule has 1 fully saturated rings. The maximum atomic E-state index is 14.2. The number of nitrogens with zero attached hydrogens (tertiary/aromatic N) is 1. The van der Waals surface area contributed by atoms with E-state index in [4.69, 9.17) is 4.74 Å². The molecule has 3 nitrogen and oxygen atoms in total. The lowest BCUT2D eigenvalue weighted by Crippen LogP contribution is -2.38. The van der Waals surface area contributed by atoms with Gasteiger partial charge in [-0.25, -0.2) is 4.39 Å². The highest BCUT2D eigenvalue weighted by molar-refractivity contribution is 5.76. The third kappa shape index (κ3) is 3.64. The topological polar surface area (TPSA) is 29.5 Å². The van der Waals surface area contributed by atoms with Crippen molar-refractivity contribution in [1.82, 2.24) is 4.90 Å². The number of carbonyl (C=O) groups is 1. The molecule has 3 rings (SSSR count). The smallest absolute Gasteiger partial charge is 0.313 e. The molecule has 25 heavy (non-hydrogen) atoms. The molecule has 3 atom stereocenters. The molecule has 1 saturated carbocycles. The molecule has 0 spiro atoms. The van der Waals surface area contributed by atoms with Crippen molar-refractivity contribution in [2.45, 2.75) is 46.1 Å². The van der Waals surface area contributed by atoms with Crippen LogP contribution in [-0.2, 0) is 4.79 Å². The summed E-state index contributed by atoms with van der Waals surface area (Å²) in [7, 11) is 4.16. The molecule has 1 aromatic carbocycles. The Morgan fingerprint density at radius 1 is 1.32 bits per heavy atom. The minimum atomic E-state index is -0.370. The first kappa shape index (κ1) is 18.1. The Hall–Kier alpha value is -1.68. The van der Waals surface area contributed by atoms with Gasteiger partial charge < -0.3 is 9.64 Å². The van der Waals surface area contributed by atoms with Crippen LogP contribution in [0.25, 0.3) is 5.57 Å². The molecule has 1 aromatic rings. The molecule has 2 aliphatic rings. The molecule has 0 amide bonds. The molecule has 0 N–H and O–H groups in total. The molecule has 4 heteroatoms. The minimum Gasteiger partial charge on any atom is -0.426 e. The Labute approximate surface area is 149 Å². The maximum absolute atomic E-state index is 14.2. The zero-order valence-electron chi connectivity index (χ0n) is 15.8. The highest BCUT2D eigenvalue weighted by Gasteiger charge is 2.44. The molecule has 2 aliphatic carbocycles. The van der Waals surface area contributed by atoms with Gasteiger partial charge in [0.2, 0.25) is 0 Å². The number of allylic oxidation sites excluding steroid dienone is 1. The van der Waals surface area contributed by atoms with E-state index >= 15 is 0 Å². The molecular formula is C21H28FNO2. The lowest BCUT2D eigenvalue weighted by atomic mass is 9.74. The predicted octanol–water partition coefficient (Wildman–Crippen LogP) is 4.52. The first-order valence-corrected chi connectivity index (χ1v) is 9.10. The van der Waals surface area contributed by atoms with Gasteiger partial charge in [-0.05, 0) is 68.0 Å². The second-order valence-electron chi connectivity index (χ2n) is 8.42. The Bertz CT molecular complexity index is 710. The van der Waals surface area contributed by atoms with Gasteiger partial charge >= 0.3 is 5.97 Å². The normalized spacial score (nSPS) is 28.4. The second-order valence-corrected chi connectivity index (χ2v) is 8.42. The zero-order valence-corrected chi connectivity index (χ0v) is 15.8. The summed E-state index contributed by atoms with van der Waals surface area (Å²) in [5, 5.41) is 0. The van der Waals surface area contributed by atoms with Gasteiger partial charge in [0.1, 0.15) is 11.6 Å². The minimum absolute atomic E-state index is 0.188. The zero-order chi connectivity index (χ0) is 18.4. The van der Waals surface area contributed by atoms with Crippen LogP contribution in [0.3, 0.4) is 0 Å². The Morgan fingerprint density at radius 3 is 2.68 bits per heavy atom. The van der Waals surface area contributed by atoms with Gasteiger partial charge in [0.05, 0.1) is 5.92 Å². The van der Waals surface area contributed by atoms with Crippen LogP contribution in [0.5, 0.6) is 5.75 Å². The van der Waals surface area contributed by atoms with E-state index in [2.05, 4.69) is 32.0 Å². The van der Waals surface area contributed by atoms with E-state index in [9.17, 15) is 9.18 Å². The van der Waals surface area contributed by atoms with Crippen LogP contribution in [0.2, 0.25) is 0 Å². The largest absolute Gasteiger partial charge is 0.426 e. The van der Waals surface area contributed by atoms with E-state index in [1.54, 1.807) is 26.0 Å². The number of fused-ring (bicyclic) bond motifs is 2. The second kappa shape index (κ2) is 6.56. The van der Waals surface area contributed by atoms with Gasteiger partial charge in [0.15, 0.2) is 0 Å². The molecule has 136 valence electrons. The van der Waals surface area contributed by atoms with E-state index in [0.29, 0.717) is 5.92 Å². The summed E-state index contributed by atoms with van der Waals surface area (Å²) in [4.78, 5) is 14.1. The number of ether oxygens (including phenoxy) is 1. The van der Waals surface area contributed by atoms with E-state index < -0.39 is 0 Å². The number of hydrogen-bond donors (Lipinski definition) is 0. The van der Waals surface area contributed by atoms with Crippen molar-refractivity contribution in [2.24, 2.45) is 17.3 Å². The number of halogens is 1. The highest BCUT2D eigenvalue weighted by Crippen LogP contribution is 2.52. The first-order chi connectivity index (χ1) is 11.7. The lowest BCUT2D eigenvalue weighted by Gasteiger charge is -2.38. The monoisotopic (exact) mass is 345 g/mol.